The van der Waals surface area contributed by atoms with Crippen molar-refractivity contribution >= 4 is 0 Å². The van der Waals surface area contributed by atoms with E-state index >= 15 is 0 Å². The van der Waals surface area contributed by atoms with Gasteiger partial charge < -0.3 is 10.4 Å². The second kappa shape index (κ2) is 5.31. The van der Waals surface area contributed by atoms with Crippen LogP contribution in [0.5, 0.6) is 0 Å². The minimum atomic E-state index is 0.0143. The average Bonchev–Trinajstić information content (AvgIpc) is 2.20. The standard InChI is InChI=1S/C13H27NO/c1-10-6-5-7-12(11(10)2)14-8-13(3,4)9-15/h10-12,14-15H,5-9H2,1-4H3. The minimum Gasteiger partial charge on any atom is -0.396 e. The fourth-order valence-electron chi connectivity index (χ4n) is 2.33. The number of nitrogens with one attached hydrogen (secondary N) is 1. The summed E-state index contributed by atoms with van der Waals surface area (Å²) in [7, 11) is 0. The minimum absolute atomic E-state index is 0.0143. The Morgan fingerprint density at radius 2 is 1.93 bits per heavy atom. The molecule has 0 aromatic rings. The van der Waals surface area contributed by atoms with E-state index in [4.69, 9.17) is 0 Å². The largest absolute Gasteiger partial charge is 0.396 e. The predicted octanol–water partition coefficient (Wildman–Crippen LogP) is 2.42. The molecule has 15 heavy (non-hydrogen) atoms. The monoisotopic (exact) mass is 213 g/mol. The fraction of sp³-hybridized carbons (Fsp3) is 1.00. The van der Waals surface area contributed by atoms with Gasteiger partial charge in [-0.1, -0.05) is 40.5 Å². The van der Waals surface area contributed by atoms with E-state index in [0.29, 0.717) is 6.04 Å². The Kier molecular flexibility index (Phi) is 4.60. The van der Waals surface area contributed by atoms with Crippen LogP contribution >= 0.6 is 0 Å². The topological polar surface area (TPSA) is 32.3 Å². The van der Waals surface area contributed by atoms with Gasteiger partial charge in [-0.05, 0) is 18.3 Å². The van der Waals surface area contributed by atoms with Crippen LogP contribution in [0.1, 0.15) is 47.0 Å². The van der Waals surface area contributed by atoms with Crippen molar-refractivity contribution in [3.05, 3.63) is 0 Å². The number of hydrogen-bond donors (Lipinski definition) is 2. The van der Waals surface area contributed by atoms with E-state index in [-0.39, 0.29) is 12.0 Å². The van der Waals surface area contributed by atoms with Gasteiger partial charge in [0.25, 0.3) is 0 Å². The molecule has 0 saturated heterocycles. The molecule has 0 heterocycles. The van der Waals surface area contributed by atoms with Crippen molar-refractivity contribution in [1.29, 1.82) is 0 Å². The zero-order chi connectivity index (χ0) is 11.5. The molecule has 3 atom stereocenters. The highest BCUT2D eigenvalue weighted by atomic mass is 16.3. The third kappa shape index (κ3) is 3.76. The number of hydrogen-bond acceptors (Lipinski definition) is 2. The third-order valence-electron chi connectivity index (χ3n) is 3.98. The highest BCUT2D eigenvalue weighted by molar-refractivity contribution is 4.84. The van der Waals surface area contributed by atoms with Gasteiger partial charge in [0.15, 0.2) is 0 Å². The van der Waals surface area contributed by atoms with E-state index in [1.165, 1.54) is 19.3 Å². The summed E-state index contributed by atoms with van der Waals surface area (Å²) in [6, 6.07) is 0.652. The third-order valence-corrected chi connectivity index (χ3v) is 3.98. The lowest BCUT2D eigenvalue weighted by Gasteiger charge is -2.36. The van der Waals surface area contributed by atoms with Crippen LogP contribution in [0.25, 0.3) is 0 Å². The second-order valence-electron chi connectivity index (χ2n) is 6.08. The zero-order valence-electron chi connectivity index (χ0n) is 10.7. The van der Waals surface area contributed by atoms with Crippen molar-refractivity contribution in [2.75, 3.05) is 13.2 Å². The van der Waals surface area contributed by atoms with Crippen molar-refractivity contribution in [2.24, 2.45) is 17.3 Å². The molecule has 90 valence electrons. The second-order valence-corrected chi connectivity index (χ2v) is 6.08. The quantitative estimate of drug-likeness (QED) is 0.751. The van der Waals surface area contributed by atoms with E-state index in [2.05, 4.69) is 33.0 Å². The van der Waals surface area contributed by atoms with Crippen LogP contribution in [0.2, 0.25) is 0 Å². The molecule has 0 spiro atoms. The summed E-state index contributed by atoms with van der Waals surface area (Å²) in [6.07, 6.45) is 4.03. The van der Waals surface area contributed by atoms with Gasteiger partial charge in [0.1, 0.15) is 0 Å². The first-order valence-corrected chi connectivity index (χ1v) is 6.30. The van der Waals surface area contributed by atoms with Crippen LogP contribution in [0.3, 0.4) is 0 Å². The van der Waals surface area contributed by atoms with Gasteiger partial charge in [0, 0.05) is 24.6 Å². The molecular weight excluding hydrogens is 186 g/mol. The Hall–Kier alpha value is -0.0800. The summed E-state index contributed by atoms with van der Waals surface area (Å²) < 4.78 is 0. The summed E-state index contributed by atoms with van der Waals surface area (Å²) in [5.74, 6) is 1.61. The molecule has 2 heteroatoms. The van der Waals surface area contributed by atoms with Crippen LogP contribution in [0, 0.1) is 17.3 Å². The summed E-state index contributed by atoms with van der Waals surface area (Å²) in [4.78, 5) is 0. The molecule has 0 aliphatic heterocycles. The summed E-state index contributed by atoms with van der Waals surface area (Å²) in [6.45, 7) is 10.1. The lowest BCUT2D eigenvalue weighted by molar-refractivity contribution is 0.134. The lowest BCUT2D eigenvalue weighted by atomic mass is 9.77. The van der Waals surface area contributed by atoms with Gasteiger partial charge in [0.05, 0.1) is 0 Å². The van der Waals surface area contributed by atoms with E-state index in [0.717, 1.165) is 18.4 Å². The molecule has 2 nitrogen and oxygen atoms in total. The maximum atomic E-state index is 9.20. The number of rotatable bonds is 4. The summed E-state index contributed by atoms with van der Waals surface area (Å²) in [5, 5.41) is 12.8. The highest BCUT2D eigenvalue weighted by Crippen LogP contribution is 2.29. The predicted molar refractivity (Wildman–Crippen MR) is 64.8 cm³/mol. The van der Waals surface area contributed by atoms with E-state index in [9.17, 15) is 5.11 Å². The molecule has 0 aromatic heterocycles. The first-order valence-electron chi connectivity index (χ1n) is 6.30. The lowest BCUT2D eigenvalue weighted by Crippen LogP contribution is -2.45. The van der Waals surface area contributed by atoms with Gasteiger partial charge in [-0.2, -0.15) is 0 Å². The molecule has 3 unspecified atom stereocenters. The number of aliphatic hydroxyl groups is 1. The van der Waals surface area contributed by atoms with Crippen molar-refractivity contribution in [2.45, 2.75) is 53.0 Å². The fourth-order valence-corrected chi connectivity index (χ4v) is 2.33. The summed E-state index contributed by atoms with van der Waals surface area (Å²) >= 11 is 0. The SMILES string of the molecule is CC1CCCC(NCC(C)(C)CO)C1C. The van der Waals surface area contributed by atoms with Crippen LogP contribution in [0.15, 0.2) is 0 Å². The molecule has 0 radical (unpaired) electrons. The summed E-state index contributed by atoms with van der Waals surface area (Å²) in [5.41, 5.74) is 0.0143. The van der Waals surface area contributed by atoms with E-state index in [1.807, 2.05) is 0 Å². The highest BCUT2D eigenvalue weighted by Gasteiger charge is 2.28. The van der Waals surface area contributed by atoms with Crippen LogP contribution < -0.4 is 5.32 Å². The maximum absolute atomic E-state index is 9.20. The van der Waals surface area contributed by atoms with Gasteiger partial charge in [0.2, 0.25) is 0 Å². The molecule has 1 saturated carbocycles. The van der Waals surface area contributed by atoms with Crippen molar-refractivity contribution < 1.29 is 5.11 Å². The molecule has 2 N–H and O–H groups in total. The van der Waals surface area contributed by atoms with Gasteiger partial charge in [-0.3, -0.25) is 0 Å². The number of aliphatic hydroxyl groups excluding tert-OH is 1. The average molecular weight is 213 g/mol. The van der Waals surface area contributed by atoms with E-state index < -0.39 is 0 Å². The maximum Gasteiger partial charge on any atom is 0.0494 e. The Morgan fingerprint density at radius 3 is 2.53 bits per heavy atom. The smallest absolute Gasteiger partial charge is 0.0494 e. The van der Waals surface area contributed by atoms with Crippen molar-refractivity contribution in [3.63, 3.8) is 0 Å². The normalized spacial score (nSPS) is 33.0. The molecule has 1 aliphatic carbocycles. The Morgan fingerprint density at radius 1 is 1.27 bits per heavy atom. The van der Waals surface area contributed by atoms with Crippen molar-refractivity contribution in [3.8, 4) is 0 Å². The van der Waals surface area contributed by atoms with Crippen LogP contribution in [-0.2, 0) is 0 Å². The molecular formula is C13H27NO. The van der Waals surface area contributed by atoms with E-state index in [1.54, 1.807) is 0 Å². The Labute approximate surface area is 94.5 Å². The van der Waals surface area contributed by atoms with Crippen LogP contribution in [0.4, 0.5) is 0 Å². The van der Waals surface area contributed by atoms with Crippen molar-refractivity contribution in [1.82, 2.24) is 5.32 Å². The Balaban J connectivity index is 2.37. The zero-order valence-corrected chi connectivity index (χ0v) is 10.7. The van der Waals surface area contributed by atoms with Gasteiger partial charge >= 0.3 is 0 Å². The molecule has 0 aromatic carbocycles. The Bertz CT molecular complexity index is 191. The van der Waals surface area contributed by atoms with Gasteiger partial charge in [-0.15, -0.1) is 0 Å². The molecule has 1 fully saturated rings. The first-order chi connectivity index (χ1) is 6.96. The first kappa shape index (κ1) is 13.0. The molecule has 0 bridgehead atoms. The molecule has 0 amide bonds. The van der Waals surface area contributed by atoms with Gasteiger partial charge in [-0.25, -0.2) is 0 Å². The van der Waals surface area contributed by atoms with Crippen LogP contribution in [-0.4, -0.2) is 24.3 Å². The molecule has 1 rings (SSSR count). The molecule has 1 aliphatic rings.